The molecule has 1 aromatic carbocycles. The van der Waals surface area contributed by atoms with E-state index in [2.05, 4.69) is 5.32 Å². The number of nitrogens with zero attached hydrogens (tertiary/aromatic N) is 1. The van der Waals surface area contributed by atoms with Crippen LogP contribution in [0.3, 0.4) is 0 Å². The summed E-state index contributed by atoms with van der Waals surface area (Å²) in [6.45, 7) is 2.08. The number of fused-ring (bicyclic) bond motifs is 2. The lowest BCUT2D eigenvalue weighted by Gasteiger charge is -2.31. The molecule has 2 saturated heterocycles. The SMILES string of the molecule is O=C(OCc1ccccc1)N1CC[C@H]2C[C@H]1CN2. The molecule has 0 saturated carbocycles. The van der Waals surface area contributed by atoms with E-state index in [-0.39, 0.29) is 6.09 Å². The van der Waals surface area contributed by atoms with Gasteiger partial charge in [0.1, 0.15) is 6.61 Å². The summed E-state index contributed by atoms with van der Waals surface area (Å²) < 4.78 is 5.38. The molecule has 4 nitrogen and oxygen atoms in total. The van der Waals surface area contributed by atoms with Gasteiger partial charge in [0.2, 0.25) is 0 Å². The number of piperidine rings is 1. The highest BCUT2D eigenvalue weighted by molar-refractivity contribution is 5.68. The highest BCUT2D eigenvalue weighted by Crippen LogP contribution is 2.23. The van der Waals surface area contributed by atoms with Crippen molar-refractivity contribution in [2.75, 3.05) is 13.1 Å². The average Bonchev–Trinajstić information content (AvgIpc) is 2.79. The van der Waals surface area contributed by atoms with Gasteiger partial charge in [-0.05, 0) is 18.4 Å². The number of amides is 1. The zero-order chi connectivity index (χ0) is 12.4. The molecule has 0 unspecified atom stereocenters. The van der Waals surface area contributed by atoms with E-state index in [4.69, 9.17) is 4.74 Å². The normalized spacial score (nSPS) is 26.1. The molecule has 0 radical (unpaired) electrons. The lowest BCUT2D eigenvalue weighted by molar-refractivity contribution is 0.0764. The minimum Gasteiger partial charge on any atom is -0.445 e. The van der Waals surface area contributed by atoms with Crippen LogP contribution in [0.4, 0.5) is 4.79 Å². The number of ether oxygens (including phenoxy) is 1. The molecule has 2 bridgehead atoms. The van der Waals surface area contributed by atoms with Gasteiger partial charge in [-0.3, -0.25) is 0 Å². The molecule has 0 spiro atoms. The van der Waals surface area contributed by atoms with Crippen molar-refractivity contribution in [3.8, 4) is 0 Å². The largest absolute Gasteiger partial charge is 0.445 e. The number of benzene rings is 1. The van der Waals surface area contributed by atoms with Crippen molar-refractivity contribution >= 4 is 6.09 Å². The lowest BCUT2D eigenvalue weighted by Crippen LogP contribution is -2.44. The summed E-state index contributed by atoms with van der Waals surface area (Å²) in [5.41, 5.74) is 1.03. The van der Waals surface area contributed by atoms with Gasteiger partial charge >= 0.3 is 6.09 Å². The van der Waals surface area contributed by atoms with Gasteiger partial charge in [-0.25, -0.2) is 4.79 Å². The minimum absolute atomic E-state index is 0.175. The zero-order valence-corrected chi connectivity index (χ0v) is 10.3. The van der Waals surface area contributed by atoms with E-state index in [1.54, 1.807) is 0 Å². The molecule has 18 heavy (non-hydrogen) atoms. The van der Waals surface area contributed by atoms with Crippen molar-refractivity contribution in [1.29, 1.82) is 0 Å². The molecule has 0 aromatic heterocycles. The summed E-state index contributed by atoms with van der Waals surface area (Å²) in [6.07, 6.45) is 1.93. The maximum Gasteiger partial charge on any atom is 0.410 e. The smallest absolute Gasteiger partial charge is 0.410 e. The average molecular weight is 246 g/mol. The van der Waals surface area contributed by atoms with Gasteiger partial charge in [0.05, 0.1) is 0 Å². The van der Waals surface area contributed by atoms with Gasteiger partial charge < -0.3 is 15.0 Å². The van der Waals surface area contributed by atoms with E-state index in [9.17, 15) is 4.79 Å². The third kappa shape index (κ3) is 2.34. The molecule has 4 heteroatoms. The Bertz CT molecular complexity index is 421. The molecule has 2 fully saturated rings. The second-order valence-corrected chi connectivity index (χ2v) is 5.02. The van der Waals surface area contributed by atoms with Gasteiger partial charge in [0.25, 0.3) is 0 Å². The molecule has 3 rings (SSSR count). The fourth-order valence-electron chi connectivity index (χ4n) is 2.78. The Labute approximate surface area is 107 Å². The molecule has 96 valence electrons. The van der Waals surface area contributed by atoms with Gasteiger partial charge in [-0.2, -0.15) is 0 Å². The van der Waals surface area contributed by atoms with E-state index in [0.717, 1.165) is 31.5 Å². The summed E-state index contributed by atoms with van der Waals surface area (Å²) in [7, 11) is 0. The van der Waals surface area contributed by atoms with Crippen molar-refractivity contribution in [2.45, 2.75) is 31.5 Å². The van der Waals surface area contributed by atoms with Gasteiger partial charge in [-0.15, -0.1) is 0 Å². The third-order valence-corrected chi connectivity index (χ3v) is 3.80. The van der Waals surface area contributed by atoms with Gasteiger partial charge in [0.15, 0.2) is 0 Å². The van der Waals surface area contributed by atoms with Crippen LogP contribution >= 0.6 is 0 Å². The highest BCUT2D eigenvalue weighted by atomic mass is 16.6. The Balaban J connectivity index is 1.55. The second-order valence-electron chi connectivity index (χ2n) is 5.02. The topological polar surface area (TPSA) is 41.6 Å². The first-order valence-electron chi connectivity index (χ1n) is 6.53. The number of nitrogens with one attached hydrogen (secondary N) is 1. The van der Waals surface area contributed by atoms with Crippen molar-refractivity contribution in [2.24, 2.45) is 0 Å². The predicted molar refractivity (Wildman–Crippen MR) is 68.1 cm³/mol. The third-order valence-electron chi connectivity index (χ3n) is 3.80. The molecule has 2 heterocycles. The predicted octanol–water partition coefficient (Wildman–Crippen LogP) is 1.76. The monoisotopic (exact) mass is 246 g/mol. The summed E-state index contributed by atoms with van der Waals surface area (Å²) in [5, 5.41) is 3.43. The Hall–Kier alpha value is -1.55. The van der Waals surface area contributed by atoms with Crippen LogP contribution in [0.25, 0.3) is 0 Å². The fourth-order valence-corrected chi connectivity index (χ4v) is 2.78. The van der Waals surface area contributed by atoms with Crippen LogP contribution in [0, 0.1) is 0 Å². The molecule has 2 atom stereocenters. The van der Waals surface area contributed by atoms with Crippen LogP contribution in [0.15, 0.2) is 30.3 Å². The molecule has 1 amide bonds. The van der Waals surface area contributed by atoms with Crippen molar-refractivity contribution in [3.63, 3.8) is 0 Å². The van der Waals surface area contributed by atoms with Gasteiger partial charge in [-0.1, -0.05) is 30.3 Å². The fraction of sp³-hybridized carbons (Fsp3) is 0.500. The number of rotatable bonds is 2. The quantitative estimate of drug-likeness (QED) is 0.864. The van der Waals surface area contributed by atoms with Crippen LogP contribution < -0.4 is 5.32 Å². The van der Waals surface area contributed by atoms with Crippen molar-refractivity contribution in [1.82, 2.24) is 10.2 Å². The van der Waals surface area contributed by atoms with Gasteiger partial charge in [0, 0.05) is 25.2 Å². The molecular weight excluding hydrogens is 228 g/mol. The first kappa shape index (κ1) is 11.5. The number of likely N-dealkylation sites (tertiary alicyclic amines) is 1. The van der Waals surface area contributed by atoms with E-state index in [1.807, 2.05) is 35.2 Å². The van der Waals surface area contributed by atoms with Crippen LogP contribution in [-0.4, -0.2) is 36.2 Å². The molecule has 1 N–H and O–H groups in total. The Morgan fingerprint density at radius 2 is 2.22 bits per heavy atom. The van der Waals surface area contributed by atoms with E-state index in [0.29, 0.717) is 18.7 Å². The van der Waals surface area contributed by atoms with E-state index in [1.165, 1.54) is 0 Å². The summed E-state index contributed by atoms with van der Waals surface area (Å²) >= 11 is 0. The first-order valence-corrected chi connectivity index (χ1v) is 6.53. The Morgan fingerprint density at radius 3 is 3.06 bits per heavy atom. The van der Waals surface area contributed by atoms with E-state index >= 15 is 0 Å². The number of carbonyl (C=O) groups is 1. The maximum atomic E-state index is 12.0. The molecular formula is C14H18N2O2. The molecule has 0 aliphatic carbocycles. The summed E-state index contributed by atoms with van der Waals surface area (Å²) in [5.74, 6) is 0. The molecule has 2 aliphatic rings. The highest BCUT2D eigenvalue weighted by Gasteiger charge is 2.36. The lowest BCUT2D eigenvalue weighted by atomic mass is 10.0. The second kappa shape index (κ2) is 4.98. The maximum absolute atomic E-state index is 12.0. The summed E-state index contributed by atoms with van der Waals surface area (Å²) in [4.78, 5) is 13.9. The minimum atomic E-state index is -0.175. The van der Waals surface area contributed by atoms with Crippen LogP contribution in [0.1, 0.15) is 18.4 Å². The zero-order valence-electron chi connectivity index (χ0n) is 10.3. The molecule has 2 aliphatic heterocycles. The Morgan fingerprint density at radius 1 is 1.39 bits per heavy atom. The van der Waals surface area contributed by atoms with Crippen LogP contribution in [0.2, 0.25) is 0 Å². The molecule has 1 aromatic rings. The van der Waals surface area contributed by atoms with Crippen LogP contribution in [-0.2, 0) is 11.3 Å². The van der Waals surface area contributed by atoms with Crippen molar-refractivity contribution < 1.29 is 9.53 Å². The first-order chi connectivity index (χ1) is 8.83. The number of carbonyl (C=O) groups excluding carboxylic acids is 1. The summed E-state index contributed by atoms with van der Waals surface area (Å²) in [6, 6.07) is 10.7. The number of hydrogen-bond acceptors (Lipinski definition) is 3. The Kier molecular flexibility index (Phi) is 3.19. The number of hydrogen-bond donors (Lipinski definition) is 1. The van der Waals surface area contributed by atoms with Crippen molar-refractivity contribution in [3.05, 3.63) is 35.9 Å². The van der Waals surface area contributed by atoms with Crippen LogP contribution in [0.5, 0.6) is 0 Å². The standard InChI is InChI=1S/C14H18N2O2/c17-14(18-10-11-4-2-1-3-5-11)16-7-6-12-8-13(16)9-15-12/h1-5,12-13,15H,6-10H2/t12-,13-/m0/s1. The van der Waals surface area contributed by atoms with E-state index < -0.39 is 0 Å².